The molecule has 1 rings (SSSR count). The Morgan fingerprint density at radius 1 is 1.39 bits per heavy atom. The first-order valence-corrected chi connectivity index (χ1v) is 8.05. The molecule has 0 atom stereocenters. The summed E-state index contributed by atoms with van der Waals surface area (Å²) in [6.45, 7) is 1.76. The summed E-state index contributed by atoms with van der Waals surface area (Å²) in [6.07, 6.45) is 0.567. The van der Waals surface area contributed by atoms with Crippen LogP contribution in [0.15, 0.2) is 16.6 Å². The van der Waals surface area contributed by atoms with Gasteiger partial charge in [0.25, 0.3) is 0 Å². The number of anilines is 1. The van der Waals surface area contributed by atoms with E-state index in [1.54, 1.807) is 6.92 Å². The van der Waals surface area contributed by atoms with Gasteiger partial charge in [-0.25, -0.2) is 12.8 Å². The molecule has 0 bridgehead atoms. The third-order valence-corrected chi connectivity index (χ3v) is 4.65. The van der Waals surface area contributed by atoms with E-state index >= 15 is 0 Å². The third-order valence-electron chi connectivity index (χ3n) is 2.22. The van der Waals surface area contributed by atoms with Gasteiger partial charge in [-0.05, 0) is 28.4 Å². The predicted molar refractivity (Wildman–Crippen MR) is 73.0 cm³/mol. The van der Waals surface area contributed by atoms with Crippen molar-refractivity contribution in [3.63, 3.8) is 0 Å². The molecular formula is C11H15BrFNO3S. The van der Waals surface area contributed by atoms with E-state index < -0.39 is 15.7 Å². The molecule has 0 heterocycles. The van der Waals surface area contributed by atoms with Crippen molar-refractivity contribution in [1.29, 1.82) is 0 Å². The lowest BCUT2D eigenvalue weighted by molar-refractivity contribution is 0.340. The normalized spacial score (nSPS) is 11.5. The molecule has 1 aromatic rings. The predicted octanol–water partition coefficient (Wildman–Crippen LogP) is 2.37. The van der Waals surface area contributed by atoms with Gasteiger partial charge >= 0.3 is 0 Å². The van der Waals surface area contributed by atoms with Gasteiger partial charge in [-0.15, -0.1) is 0 Å². The van der Waals surface area contributed by atoms with Gasteiger partial charge in [0.15, 0.2) is 9.84 Å². The van der Waals surface area contributed by atoms with Gasteiger partial charge in [-0.3, -0.25) is 0 Å². The van der Waals surface area contributed by atoms with Crippen molar-refractivity contribution < 1.29 is 17.5 Å². The first-order chi connectivity index (χ1) is 8.35. The highest BCUT2D eigenvalue weighted by molar-refractivity contribution is 9.10. The maximum atomic E-state index is 13.2. The van der Waals surface area contributed by atoms with Crippen LogP contribution >= 0.6 is 15.9 Å². The summed E-state index contributed by atoms with van der Waals surface area (Å²) >= 11 is 2.99. The Morgan fingerprint density at radius 2 is 2.06 bits per heavy atom. The van der Waals surface area contributed by atoms with Crippen LogP contribution in [0.3, 0.4) is 0 Å². The maximum Gasteiger partial charge on any atom is 0.153 e. The Hall–Kier alpha value is -0.820. The van der Waals surface area contributed by atoms with Crippen molar-refractivity contribution in [3.8, 4) is 5.75 Å². The van der Waals surface area contributed by atoms with Gasteiger partial charge in [0.1, 0.15) is 18.2 Å². The molecule has 0 aliphatic rings. The van der Waals surface area contributed by atoms with E-state index in [2.05, 4.69) is 15.9 Å². The van der Waals surface area contributed by atoms with Crippen molar-refractivity contribution >= 4 is 31.5 Å². The third kappa shape index (κ3) is 4.45. The average molecular weight is 340 g/mol. The van der Waals surface area contributed by atoms with Gasteiger partial charge in [0.05, 0.1) is 21.7 Å². The van der Waals surface area contributed by atoms with Crippen LogP contribution < -0.4 is 10.5 Å². The Morgan fingerprint density at radius 3 is 2.67 bits per heavy atom. The summed E-state index contributed by atoms with van der Waals surface area (Å²) < 4.78 is 41.5. The summed E-state index contributed by atoms with van der Waals surface area (Å²) in [5.41, 5.74) is 5.89. The molecule has 0 radical (unpaired) electrons. The number of nitrogens with two attached hydrogens (primary N) is 1. The monoisotopic (exact) mass is 339 g/mol. The van der Waals surface area contributed by atoms with Gasteiger partial charge in [0.2, 0.25) is 0 Å². The highest BCUT2D eigenvalue weighted by atomic mass is 79.9. The van der Waals surface area contributed by atoms with Crippen LogP contribution in [0.25, 0.3) is 0 Å². The molecule has 0 fully saturated rings. The van der Waals surface area contributed by atoms with Crippen LogP contribution in [0.4, 0.5) is 10.1 Å². The Labute approximate surface area is 114 Å². The minimum atomic E-state index is -3.10. The van der Waals surface area contributed by atoms with Crippen LogP contribution in [0, 0.1) is 5.82 Å². The van der Waals surface area contributed by atoms with Crippen molar-refractivity contribution in [2.75, 3.05) is 23.8 Å². The molecule has 0 aliphatic heterocycles. The second kappa shape index (κ2) is 6.38. The molecular weight excluding hydrogens is 325 g/mol. The molecule has 1 aromatic carbocycles. The second-order valence-corrected chi connectivity index (χ2v) is 6.96. The average Bonchev–Trinajstić information content (AvgIpc) is 2.25. The van der Waals surface area contributed by atoms with Crippen LogP contribution in [0.2, 0.25) is 0 Å². The lowest BCUT2D eigenvalue weighted by atomic mass is 10.3. The molecule has 0 spiro atoms. The number of halogens is 2. The first kappa shape index (κ1) is 15.2. The van der Waals surface area contributed by atoms with Gasteiger partial charge in [-0.1, -0.05) is 6.92 Å². The van der Waals surface area contributed by atoms with E-state index in [-0.39, 0.29) is 34.0 Å². The molecule has 7 heteroatoms. The molecule has 0 unspecified atom stereocenters. The molecule has 2 N–H and O–H groups in total. The summed E-state index contributed by atoms with van der Waals surface area (Å²) in [4.78, 5) is 0. The van der Waals surface area contributed by atoms with Crippen LogP contribution in [0.1, 0.15) is 13.3 Å². The smallest absolute Gasteiger partial charge is 0.153 e. The Balaban J connectivity index is 2.62. The Kier molecular flexibility index (Phi) is 5.40. The standard InChI is InChI=1S/C11H15BrFNO3S/c1-2-4-18(15,16)5-3-17-11-7-9(13)8(12)6-10(11)14/h6-7H,2-5,14H2,1H3. The van der Waals surface area contributed by atoms with Crippen LogP contribution in [0.5, 0.6) is 5.75 Å². The fraction of sp³-hybridized carbons (Fsp3) is 0.455. The number of benzene rings is 1. The lowest BCUT2D eigenvalue weighted by Crippen LogP contribution is -2.17. The zero-order valence-electron chi connectivity index (χ0n) is 9.95. The zero-order valence-corrected chi connectivity index (χ0v) is 12.4. The summed E-state index contributed by atoms with van der Waals surface area (Å²) in [5, 5.41) is 0. The number of hydrogen-bond donors (Lipinski definition) is 1. The fourth-order valence-electron chi connectivity index (χ4n) is 1.36. The van der Waals surface area contributed by atoms with E-state index in [0.717, 1.165) is 6.07 Å². The minimum absolute atomic E-state index is 0.0341. The van der Waals surface area contributed by atoms with Crippen molar-refractivity contribution in [3.05, 3.63) is 22.4 Å². The van der Waals surface area contributed by atoms with Gasteiger partial charge in [0, 0.05) is 6.07 Å². The van der Waals surface area contributed by atoms with E-state index in [1.165, 1.54) is 6.07 Å². The topological polar surface area (TPSA) is 69.4 Å². The number of hydrogen-bond acceptors (Lipinski definition) is 4. The van der Waals surface area contributed by atoms with Crippen LogP contribution in [-0.4, -0.2) is 26.5 Å². The lowest BCUT2D eigenvalue weighted by Gasteiger charge is -2.10. The quantitative estimate of drug-likeness (QED) is 0.808. The summed E-state index contributed by atoms with van der Waals surface area (Å²) in [5.74, 6) is -0.323. The number of ether oxygens (including phenoxy) is 1. The largest absolute Gasteiger partial charge is 0.490 e. The number of sulfone groups is 1. The minimum Gasteiger partial charge on any atom is -0.490 e. The second-order valence-electron chi connectivity index (χ2n) is 3.80. The van der Waals surface area contributed by atoms with E-state index in [9.17, 15) is 12.8 Å². The molecule has 102 valence electrons. The fourth-order valence-corrected chi connectivity index (χ4v) is 2.89. The highest BCUT2D eigenvalue weighted by Gasteiger charge is 2.11. The summed E-state index contributed by atoms with van der Waals surface area (Å²) in [7, 11) is -3.10. The Bertz CT molecular complexity index is 519. The summed E-state index contributed by atoms with van der Waals surface area (Å²) in [6, 6.07) is 2.51. The number of rotatable bonds is 6. The number of nitrogen functional groups attached to an aromatic ring is 1. The first-order valence-electron chi connectivity index (χ1n) is 5.43. The molecule has 0 aliphatic carbocycles. The van der Waals surface area contributed by atoms with Gasteiger partial charge in [-0.2, -0.15) is 0 Å². The molecule has 4 nitrogen and oxygen atoms in total. The molecule has 0 saturated carbocycles. The van der Waals surface area contributed by atoms with E-state index in [1.807, 2.05) is 0 Å². The highest BCUT2D eigenvalue weighted by Crippen LogP contribution is 2.28. The molecule has 0 saturated heterocycles. The van der Waals surface area contributed by atoms with Crippen molar-refractivity contribution in [1.82, 2.24) is 0 Å². The van der Waals surface area contributed by atoms with Crippen molar-refractivity contribution in [2.24, 2.45) is 0 Å². The van der Waals surface area contributed by atoms with Crippen molar-refractivity contribution in [2.45, 2.75) is 13.3 Å². The molecule has 0 aromatic heterocycles. The van der Waals surface area contributed by atoms with E-state index in [4.69, 9.17) is 10.5 Å². The van der Waals surface area contributed by atoms with Gasteiger partial charge < -0.3 is 10.5 Å². The maximum absolute atomic E-state index is 13.2. The zero-order chi connectivity index (χ0) is 13.8. The van der Waals surface area contributed by atoms with Crippen LogP contribution in [-0.2, 0) is 9.84 Å². The SMILES string of the molecule is CCCS(=O)(=O)CCOc1cc(F)c(Br)cc1N. The molecule has 0 amide bonds. The van der Waals surface area contributed by atoms with E-state index in [0.29, 0.717) is 6.42 Å². The molecule has 18 heavy (non-hydrogen) atoms.